The van der Waals surface area contributed by atoms with Crippen LogP contribution in [-0.2, 0) is 0 Å². The first-order valence-electron chi connectivity index (χ1n) is 10.1. The number of carbonyl (C=O) groups excluding carboxylic acids is 1. The molecule has 0 saturated heterocycles. The Hall–Kier alpha value is -3.78. The number of nitrogens with two attached hydrogens (primary N) is 1. The average Bonchev–Trinajstić information content (AvgIpc) is 3.15. The van der Waals surface area contributed by atoms with Gasteiger partial charge in [-0.15, -0.1) is 0 Å². The maximum absolute atomic E-state index is 13.4. The number of rotatable bonds is 6. The van der Waals surface area contributed by atoms with Crippen molar-refractivity contribution in [1.29, 1.82) is 0 Å². The van der Waals surface area contributed by atoms with Crippen LogP contribution in [0.5, 0.6) is 0 Å². The quantitative estimate of drug-likeness (QED) is 0.429. The van der Waals surface area contributed by atoms with E-state index < -0.39 is 11.5 Å². The average molecular weight is 433 g/mol. The fourth-order valence-electron chi connectivity index (χ4n) is 3.47. The van der Waals surface area contributed by atoms with Gasteiger partial charge in [-0.05, 0) is 68.8 Å². The number of amides is 1. The first-order chi connectivity index (χ1) is 15.1. The highest BCUT2D eigenvalue weighted by Gasteiger charge is 2.18. The minimum atomic E-state index is -0.937. The number of primary amides is 1. The van der Waals surface area contributed by atoms with Gasteiger partial charge in [-0.1, -0.05) is 6.07 Å². The van der Waals surface area contributed by atoms with Crippen molar-refractivity contribution in [3.05, 3.63) is 71.7 Å². The molecule has 2 aromatic carbocycles. The van der Waals surface area contributed by atoms with E-state index in [0.717, 1.165) is 22.4 Å². The largest absolute Gasteiger partial charge is 0.389 e. The monoisotopic (exact) mass is 433 g/mol. The number of aliphatic hydroxyl groups is 1. The summed E-state index contributed by atoms with van der Waals surface area (Å²) in [7, 11) is 0. The lowest BCUT2D eigenvalue weighted by molar-refractivity contribution is 0.0944. The Kier molecular flexibility index (Phi) is 5.40. The van der Waals surface area contributed by atoms with E-state index in [2.05, 4.69) is 10.3 Å². The molecule has 0 fully saturated rings. The summed E-state index contributed by atoms with van der Waals surface area (Å²) in [5.41, 5.74) is 9.84. The van der Waals surface area contributed by atoms with Gasteiger partial charge in [-0.3, -0.25) is 4.79 Å². The number of benzene rings is 2. The third-order valence-corrected chi connectivity index (χ3v) is 5.11. The number of aryl methyl sites for hydroxylation is 1. The number of fused-ring (bicyclic) bond motifs is 1. The summed E-state index contributed by atoms with van der Waals surface area (Å²) < 4.78 is 15.1. The number of hydrogen-bond acceptors (Lipinski definition) is 5. The Morgan fingerprint density at radius 2 is 1.84 bits per heavy atom. The van der Waals surface area contributed by atoms with Crippen LogP contribution in [0.25, 0.3) is 28.2 Å². The van der Waals surface area contributed by atoms with Crippen molar-refractivity contribution in [2.24, 2.45) is 5.73 Å². The molecule has 0 bridgehead atoms. The van der Waals surface area contributed by atoms with E-state index in [0.29, 0.717) is 29.1 Å². The zero-order chi connectivity index (χ0) is 23.0. The van der Waals surface area contributed by atoms with Crippen LogP contribution in [-0.4, -0.2) is 37.8 Å². The lowest BCUT2D eigenvalue weighted by Crippen LogP contribution is -2.29. The molecule has 0 atom stereocenters. The lowest BCUT2D eigenvalue weighted by atomic mass is 10.0. The molecule has 0 aliphatic rings. The van der Waals surface area contributed by atoms with Gasteiger partial charge in [0.15, 0.2) is 5.65 Å². The van der Waals surface area contributed by atoms with Gasteiger partial charge >= 0.3 is 0 Å². The van der Waals surface area contributed by atoms with Crippen molar-refractivity contribution >= 4 is 17.2 Å². The highest BCUT2D eigenvalue weighted by Crippen LogP contribution is 2.29. The summed E-state index contributed by atoms with van der Waals surface area (Å²) in [5, 5.41) is 18.1. The van der Waals surface area contributed by atoms with E-state index >= 15 is 0 Å². The van der Waals surface area contributed by atoms with E-state index in [1.54, 1.807) is 48.8 Å². The van der Waals surface area contributed by atoms with Gasteiger partial charge in [-0.2, -0.15) is 5.10 Å². The summed E-state index contributed by atoms with van der Waals surface area (Å²) in [6, 6.07) is 13.2. The molecule has 164 valence electrons. The maximum atomic E-state index is 13.4. The lowest BCUT2D eigenvalue weighted by Gasteiger charge is -2.19. The molecule has 0 unspecified atom stereocenters. The number of aromatic nitrogens is 3. The maximum Gasteiger partial charge on any atom is 0.248 e. The van der Waals surface area contributed by atoms with Crippen LogP contribution < -0.4 is 11.1 Å². The topological polar surface area (TPSA) is 106 Å². The number of imidazole rings is 1. The summed E-state index contributed by atoms with van der Waals surface area (Å²) in [5.74, 6) is -0.814. The van der Waals surface area contributed by atoms with E-state index in [4.69, 9.17) is 10.8 Å². The molecule has 1 amide bonds. The second-order valence-electron chi connectivity index (χ2n) is 8.39. The minimum absolute atomic E-state index is 0.296. The van der Waals surface area contributed by atoms with Crippen LogP contribution in [0.4, 0.5) is 10.1 Å². The molecule has 4 rings (SSSR count). The molecular weight excluding hydrogens is 409 g/mol. The summed E-state index contributed by atoms with van der Waals surface area (Å²) in [6.07, 6.45) is 1.70. The van der Waals surface area contributed by atoms with Crippen molar-refractivity contribution in [1.82, 2.24) is 14.6 Å². The van der Waals surface area contributed by atoms with E-state index in [-0.39, 0.29) is 5.82 Å². The number of anilines is 1. The van der Waals surface area contributed by atoms with E-state index in [1.165, 1.54) is 12.1 Å². The first kappa shape index (κ1) is 21.5. The Morgan fingerprint density at radius 1 is 1.16 bits per heavy atom. The summed E-state index contributed by atoms with van der Waals surface area (Å²) >= 11 is 0. The van der Waals surface area contributed by atoms with Crippen molar-refractivity contribution in [3.8, 4) is 22.5 Å². The number of nitrogens with one attached hydrogen (secondary N) is 1. The predicted octanol–water partition coefficient (Wildman–Crippen LogP) is 3.79. The minimum Gasteiger partial charge on any atom is -0.389 e. The van der Waals surface area contributed by atoms with Crippen molar-refractivity contribution < 1.29 is 14.3 Å². The summed E-state index contributed by atoms with van der Waals surface area (Å²) in [6.45, 7) is 5.53. The van der Waals surface area contributed by atoms with Crippen LogP contribution in [0.15, 0.2) is 54.7 Å². The molecular formula is C24H24FN5O2. The van der Waals surface area contributed by atoms with Gasteiger partial charge in [0.1, 0.15) is 5.82 Å². The molecule has 2 aromatic heterocycles. The van der Waals surface area contributed by atoms with E-state index in [1.807, 2.05) is 19.1 Å². The van der Waals surface area contributed by atoms with Crippen LogP contribution in [0.2, 0.25) is 0 Å². The molecule has 7 nitrogen and oxygen atoms in total. The number of carbonyl (C=O) groups is 1. The van der Waals surface area contributed by atoms with E-state index in [9.17, 15) is 14.3 Å². The third kappa shape index (κ3) is 4.31. The molecule has 32 heavy (non-hydrogen) atoms. The molecule has 0 spiro atoms. The summed E-state index contributed by atoms with van der Waals surface area (Å²) in [4.78, 5) is 16.1. The van der Waals surface area contributed by atoms with Gasteiger partial charge in [0, 0.05) is 23.2 Å². The highest BCUT2D eigenvalue weighted by atomic mass is 19.1. The van der Waals surface area contributed by atoms with Gasteiger partial charge in [0.05, 0.1) is 28.9 Å². The fraction of sp³-hybridized carbons (Fsp3) is 0.208. The number of hydrogen-bond donors (Lipinski definition) is 3. The molecule has 4 N–H and O–H groups in total. The van der Waals surface area contributed by atoms with Crippen LogP contribution in [0.1, 0.15) is 29.8 Å². The smallest absolute Gasteiger partial charge is 0.248 e. The zero-order valence-corrected chi connectivity index (χ0v) is 18.1. The second-order valence-corrected chi connectivity index (χ2v) is 8.39. The Balaban J connectivity index is 1.88. The van der Waals surface area contributed by atoms with Gasteiger partial charge in [0.25, 0.3) is 0 Å². The normalized spacial score (nSPS) is 11.7. The third-order valence-electron chi connectivity index (χ3n) is 5.11. The van der Waals surface area contributed by atoms with Crippen molar-refractivity contribution in [3.63, 3.8) is 0 Å². The van der Waals surface area contributed by atoms with Crippen LogP contribution in [0.3, 0.4) is 0 Å². The van der Waals surface area contributed by atoms with Gasteiger partial charge in [0.2, 0.25) is 5.91 Å². The number of halogens is 1. The first-order valence-corrected chi connectivity index (χ1v) is 10.1. The molecule has 8 heteroatoms. The van der Waals surface area contributed by atoms with Crippen LogP contribution >= 0.6 is 0 Å². The molecule has 2 heterocycles. The standard InChI is InChI=1S/C24H24FN5O2/c1-14-10-16(6-9-18(14)22(26)31)21-12-27-23-20(28-13-24(2,3)32)11-19(29-30(21)23)15-4-7-17(25)8-5-15/h4-12,28,32H,13H2,1-3H3,(H2,26,31). The Bertz CT molecular complexity index is 1310. The van der Waals surface area contributed by atoms with Crippen molar-refractivity contribution in [2.45, 2.75) is 26.4 Å². The molecule has 0 radical (unpaired) electrons. The fourth-order valence-corrected chi connectivity index (χ4v) is 3.47. The molecule has 0 saturated carbocycles. The Labute approximate surface area is 184 Å². The van der Waals surface area contributed by atoms with Gasteiger partial charge in [-0.25, -0.2) is 13.9 Å². The predicted molar refractivity (Wildman–Crippen MR) is 122 cm³/mol. The zero-order valence-electron chi connectivity index (χ0n) is 18.1. The Morgan fingerprint density at radius 3 is 2.47 bits per heavy atom. The molecule has 0 aliphatic heterocycles. The SMILES string of the molecule is Cc1cc(-c2cnc3c(NCC(C)(C)O)cc(-c4ccc(F)cc4)nn23)ccc1C(N)=O. The second kappa shape index (κ2) is 8.05. The molecule has 0 aliphatic carbocycles. The number of nitrogens with zero attached hydrogens (tertiary/aromatic N) is 3. The highest BCUT2D eigenvalue weighted by molar-refractivity contribution is 5.95. The van der Waals surface area contributed by atoms with Crippen LogP contribution in [0, 0.1) is 12.7 Å². The van der Waals surface area contributed by atoms with Gasteiger partial charge < -0.3 is 16.2 Å². The van der Waals surface area contributed by atoms with Crippen molar-refractivity contribution in [2.75, 3.05) is 11.9 Å². The molecule has 4 aromatic rings.